The van der Waals surface area contributed by atoms with Crippen molar-refractivity contribution in [3.05, 3.63) is 41.2 Å². The molecule has 74 valence electrons. The van der Waals surface area contributed by atoms with Crippen LogP contribution >= 0.6 is 15.9 Å². The Hall–Kier alpha value is -0.960. The van der Waals surface area contributed by atoms with E-state index >= 15 is 0 Å². The monoisotopic (exact) mass is 256 g/mol. The van der Waals surface area contributed by atoms with Gasteiger partial charge in [-0.25, -0.2) is 4.39 Å². The van der Waals surface area contributed by atoms with E-state index in [1.807, 2.05) is 0 Å². The van der Waals surface area contributed by atoms with E-state index in [-0.39, 0.29) is 11.3 Å². The smallest absolute Gasteiger partial charge is 0.162 e. The van der Waals surface area contributed by atoms with Crippen molar-refractivity contribution < 1.29 is 9.18 Å². The molecule has 1 aromatic carbocycles. The molecule has 0 unspecified atom stereocenters. The lowest BCUT2D eigenvalue weighted by molar-refractivity contribution is 0.101. The van der Waals surface area contributed by atoms with Gasteiger partial charge in [-0.3, -0.25) is 4.79 Å². The molecule has 0 aliphatic carbocycles. The second kappa shape index (κ2) is 5.05. The highest BCUT2D eigenvalue weighted by Gasteiger charge is 2.08. The second-order valence-corrected chi connectivity index (χ2v) is 3.47. The molecule has 0 bridgehead atoms. The molecule has 0 radical (unpaired) electrons. The third-order valence-corrected chi connectivity index (χ3v) is 2.17. The summed E-state index contributed by atoms with van der Waals surface area (Å²) in [5.41, 5.74) is 0.582. The molecule has 0 aliphatic rings. The van der Waals surface area contributed by atoms with Crippen LogP contribution in [0.2, 0.25) is 0 Å². The van der Waals surface area contributed by atoms with Crippen LogP contribution in [0.5, 0.6) is 0 Å². The molecule has 14 heavy (non-hydrogen) atoms. The first-order chi connectivity index (χ1) is 6.66. The van der Waals surface area contributed by atoms with Crippen molar-refractivity contribution >= 4 is 27.8 Å². The van der Waals surface area contributed by atoms with Crippen LogP contribution in [0.3, 0.4) is 0 Å². The predicted molar refractivity (Wildman–Crippen MR) is 59.2 cm³/mol. The number of hydrogen-bond donors (Lipinski definition) is 0. The van der Waals surface area contributed by atoms with Crippen molar-refractivity contribution in [3.8, 4) is 0 Å². The minimum atomic E-state index is -0.447. The van der Waals surface area contributed by atoms with Gasteiger partial charge in [0.25, 0.3) is 0 Å². The summed E-state index contributed by atoms with van der Waals surface area (Å²) in [6.07, 6.45) is 3.43. The van der Waals surface area contributed by atoms with Gasteiger partial charge in [0.2, 0.25) is 0 Å². The number of carbonyl (C=O) groups is 1. The lowest BCUT2D eigenvalue weighted by Gasteiger charge is -2.01. The van der Waals surface area contributed by atoms with E-state index in [2.05, 4.69) is 15.9 Å². The number of ketones is 1. The molecule has 3 heteroatoms. The molecule has 0 amide bonds. The molecule has 1 nitrogen and oxygen atoms in total. The number of rotatable bonds is 3. The molecule has 0 spiro atoms. The second-order valence-electron chi connectivity index (χ2n) is 2.82. The van der Waals surface area contributed by atoms with Gasteiger partial charge in [0, 0.05) is 10.9 Å². The quantitative estimate of drug-likeness (QED) is 0.598. The summed E-state index contributed by atoms with van der Waals surface area (Å²) in [4.78, 5) is 11.0. The Kier molecular flexibility index (Phi) is 4.01. The maximum absolute atomic E-state index is 13.6. The number of allylic oxidation sites excluding steroid dienone is 1. The van der Waals surface area contributed by atoms with E-state index in [9.17, 15) is 9.18 Å². The zero-order valence-electron chi connectivity index (χ0n) is 7.76. The summed E-state index contributed by atoms with van der Waals surface area (Å²) in [5, 5.41) is 0.663. The minimum Gasteiger partial charge on any atom is -0.294 e. The van der Waals surface area contributed by atoms with Gasteiger partial charge < -0.3 is 0 Å². The van der Waals surface area contributed by atoms with E-state index in [4.69, 9.17) is 0 Å². The number of Topliss-reactive ketones (excluding diaryl/α,β-unsaturated/α-hetero) is 1. The lowest BCUT2D eigenvalue weighted by atomic mass is 10.1. The van der Waals surface area contributed by atoms with Crippen molar-refractivity contribution in [3.63, 3.8) is 0 Å². The summed E-state index contributed by atoms with van der Waals surface area (Å²) < 4.78 is 13.6. The van der Waals surface area contributed by atoms with Crippen LogP contribution < -0.4 is 0 Å². The first-order valence-electron chi connectivity index (χ1n) is 4.18. The minimum absolute atomic E-state index is 0.140. The Bertz CT molecular complexity index is 372. The van der Waals surface area contributed by atoms with Crippen LogP contribution in [-0.4, -0.2) is 11.1 Å². The SMILES string of the molecule is CC(=O)c1cccc(C=CCBr)c1F. The molecule has 0 aliphatic heterocycles. The molecule has 0 heterocycles. The predicted octanol–water partition coefficient (Wildman–Crippen LogP) is 3.44. The molecule has 0 aromatic heterocycles. The topological polar surface area (TPSA) is 17.1 Å². The van der Waals surface area contributed by atoms with Gasteiger partial charge in [-0.15, -0.1) is 0 Å². The molecule has 0 saturated carbocycles. The van der Waals surface area contributed by atoms with Crippen molar-refractivity contribution in [1.29, 1.82) is 0 Å². The first-order valence-corrected chi connectivity index (χ1v) is 5.31. The van der Waals surface area contributed by atoms with E-state index in [0.717, 1.165) is 0 Å². The fourth-order valence-corrected chi connectivity index (χ4v) is 1.31. The highest BCUT2D eigenvalue weighted by atomic mass is 79.9. The highest BCUT2D eigenvalue weighted by molar-refractivity contribution is 9.09. The zero-order valence-corrected chi connectivity index (χ0v) is 9.34. The standard InChI is InChI=1S/C11H10BrFO/c1-8(14)10-6-2-4-9(11(10)13)5-3-7-12/h2-6H,7H2,1H3. The van der Waals surface area contributed by atoms with Gasteiger partial charge in [0.1, 0.15) is 5.82 Å². The largest absolute Gasteiger partial charge is 0.294 e. The Morgan fingerprint density at radius 3 is 2.86 bits per heavy atom. The number of carbonyl (C=O) groups excluding carboxylic acids is 1. The summed E-state index contributed by atoms with van der Waals surface area (Å²) >= 11 is 3.20. The molecule has 0 saturated heterocycles. The van der Waals surface area contributed by atoms with Gasteiger partial charge in [-0.1, -0.05) is 40.2 Å². The third-order valence-electron chi connectivity index (χ3n) is 1.79. The van der Waals surface area contributed by atoms with Crippen molar-refractivity contribution in [2.24, 2.45) is 0 Å². The summed E-state index contributed by atoms with van der Waals surface area (Å²) in [6, 6.07) is 4.80. The van der Waals surface area contributed by atoms with Crippen LogP contribution in [-0.2, 0) is 0 Å². The Morgan fingerprint density at radius 2 is 2.29 bits per heavy atom. The van der Waals surface area contributed by atoms with Crippen molar-refractivity contribution in [2.75, 3.05) is 5.33 Å². The lowest BCUT2D eigenvalue weighted by Crippen LogP contribution is -1.98. The molecular weight excluding hydrogens is 247 g/mol. The van der Waals surface area contributed by atoms with Gasteiger partial charge in [0.05, 0.1) is 5.56 Å². The maximum atomic E-state index is 13.6. The van der Waals surface area contributed by atoms with Crippen LogP contribution in [0.4, 0.5) is 4.39 Å². The molecule has 0 N–H and O–H groups in total. The molecule has 1 rings (SSSR count). The Balaban J connectivity index is 3.14. The number of benzene rings is 1. The van der Waals surface area contributed by atoms with E-state index in [0.29, 0.717) is 10.9 Å². The van der Waals surface area contributed by atoms with Gasteiger partial charge in [-0.2, -0.15) is 0 Å². The summed E-state index contributed by atoms with van der Waals surface area (Å²) in [5.74, 6) is -0.700. The van der Waals surface area contributed by atoms with Crippen LogP contribution in [0, 0.1) is 5.82 Å². The zero-order chi connectivity index (χ0) is 10.6. The van der Waals surface area contributed by atoms with Crippen molar-refractivity contribution in [1.82, 2.24) is 0 Å². The number of hydrogen-bond acceptors (Lipinski definition) is 1. The summed E-state index contributed by atoms with van der Waals surface area (Å²) in [6.45, 7) is 1.36. The average molecular weight is 257 g/mol. The fraction of sp³-hybridized carbons (Fsp3) is 0.182. The molecule has 1 aromatic rings. The van der Waals surface area contributed by atoms with Gasteiger partial charge in [-0.05, 0) is 13.0 Å². The number of halogens is 2. The third kappa shape index (κ3) is 2.51. The van der Waals surface area contributed by atoms with Gasteiger partial charge in [0.15, 0.2) is 5.78 Å². The summed E-state index contributed by atoms with van der Waals surface area (Å²) in [7, 11) is 0. The molecule has 0 fully saturated rings. The highest BCUT2D eigenvalue weighted by Crippen LogP contribution is 2.15. The van der Waals surface area contributed by atoms with Gasteiger partial charge >= 0.3 is 0 Å². The van der Waals surface area contributed by atoms with Crippen LogP contribution in [0.15, 0.2) is 24.3 Å². The average Bonchev–Trinajstić information content (AvgIpc) is 2.16. The normalized spacial score (nSPS) is 10.8. The Morgan fingerprint density at radius 1 is 1.57 bits per heavy atom. The molecular formula is C11H10BrFO. The van der Waals surface area contributed by atoms with E-state index < -0.39 is 5.82 Å². The first kappa shape index (κ1) is 11.1. The Labute approximate surface area is 90.8 Å². The van der Waals surface area contributed by atoms with E-state index in [1.54, 1.807) is 24.3 Å². The molecule has 0 atom stereocenters. The van der Waals surface area contributed by atoms with E-state index in [1.165, 1.54) is 13.0 Å². The maximum Gasteiger partial charge on any atom is 0.162 e. The van der Waals surface area contributed by atoms with Crippen molar-refractivity contribution in [2.45, 2.75) is 6.92 Å². The fourth-order valence-electron chi connectivity index (χ4n) is 1.12. The van der Waals surface area contributed by atoms with Crippen LogP contribution in [0.1, 0.15) is 22.8 Å². The van der Waals surface area contributed by atoms with Crippen LogP contribution in [0.25, 0.3) is 6.08 Å². The number of alkyl halides is 1.